The van der Waals surface area contributed by atoms with Crippen molar-refractivity contribution in [2.45, 2.75) is 6.92 Å². The predicted octanol–water partition coefficient (Wildman–Crippen LogP) is -0.00138. The summed E-state index contributed by atoms with van der Waals surface area (Å²) in [6.07, 6.45) is 0. The van der Waals surface area contributed by atoms with Crippen LogP contribution in [0.5, 0.6) is 0 Å². The fourth-order valence-corrected chi connectivity index (χ4v) is 1.53. The van der Waals surface area contributed by atoms with Gasteiger partial charge in [0.1, 0.15) is 0 Å². The van der Waals surface area contributed by atoms with E-state index in [9.17, 15) is 18.5 Å². The second kappa shape index (κ2) is 5.06. The quantitative estimate of drug-likeness (QED) is 0.566. The highest BCUT2D eigenvalue weighted by Gasteiger charge is 2.15. The number of sulfonamides is 1. The van der Waals surface area contributed by atoms with Crippen molar-refractivity contribution >= 4 is 21.5 Å². The molecule has 0 aliphatic rings. The number of nitrogens with two attached hydrogens (primary N) is 1. The number of nitro groups is 1. The van der Waals surface area contributed by atoms with Gasteiger partial charge in [-0.3, -0.25) is 10.1 Å². The fraction of sp³-hybridized carbons (Fsp3) is 0.375. The highest BCUT2D eigenvalue weighted by atomic mass is 32.2. The Balaban J connectivity index is 2.82. The van der Waals surface area contributed by atoms with Gasteiger partial charge in [-0.1, -0.05) is 0 Å². The van der Waals surface area contributed by atoms with Gasteiger partial charge in [0.25, 0.3) is 0 Å². The Kier molecular flexibility index (Phi) is 3.97. The summed E-state index contributed by atoms with van der Waals surface area (Å²) in [5, 5.41) is 18.1. The fourth-order valence-electron chi connectivity index (χ4n) is 1.14. The topological polar surface area (TPSA) is 128 Å². The normalized spacial score (nSPS) is 11.2. The lowest BCUT2D eigenvalue weighted by molar-refractivity contribution is -0.384. The molecule has 0 aliphatic heterocycles. The summed E-state index contributed by atoms with van der Waals surface area (Å²) in [4.78, 5) is 14.0. The predicted molar refractivity (Wildman–Crippen MR) is 62.1 cm³/mol. The van der Waals surface area contributed by atoms with E-state index in [1.54, 1.807) is 6.92 Å². The summed E-state index contributed by atoms with van der Waals surface area (Å²) < 4.78 is 21.4. The molecule has 0 unspecified atom stereocenters. The Labute approximate surface area is 98.0 Å². The molecule has 1 aromatic heterocycles. The highest BCUT2D eigenvalue weighted by Crippen LogP contribution is 2.21. The van der Waals surface area contributed by atoms with Crippen LogP contribution in [-0.2, 0) is 10.0 Å². The third kappa shape index (κ3) is 4.33. The number of pyridine rings is 1. The molecule has 1 heterocycles. The molecule has 1 aromatic rings. The van der Waals surface area contributed by atoms with Crippen LogP contribution < -0.4 is 10.5 Å². The molecule has 1 rings (SSSR count). The van der Waals surface area contributed by atoms with Crippen LogP contribution in [0.25, 0.3) is 0 Å². The molecule has 0 amide bonds. The molecule has 8 nitrogen and oxygen atoms in total. The third-order valence-corrected chi connectivity index (χ3v) is 2.66. The first-order valence-electron chi connectivity index (χ1n) is 4.66. The van der Waals surface area contributed by atoms with Crippen LogP contribution in [0.1, 0.15) is 5.69 Å². The molecule has 94 valence electrons. The number of aromatic nitrogens is 1. The van der Waals surface area contributed by atoms with E-state index in [0.717, 1.165) is 0 Å². The van der Waals surface area contributed by atoms with Crippen molar-refractivity contribution < 1.29 is 13.3 Å². The Morgan fingerprint density at radius 2 is 2.18 bits per heavy atom. The minimum Gasteiger partial charge on any atom is -0.363 e. The Morgan fingerprint density at radius 3 is 2.71 bits per heavy atom. The van der Waals surface area contributed by atoms with Crippen LogP contribution in [-0.4, -0.2) is 30.6 Å². The average molecular weight is 260 g/mol. The summed E-state index contributed by atoms with van der Waals surface area (Å²) in [7, 11) is -3.60. The highest BCUT2D eigenvalue weighted by molar-refractivity contribution is 7.89. The van der Waals surface area contributed by atoms with Gasteiger partial charge in [0, 0.05) is 18.3 Å². The smallest absolute Gasteiger partial charge is 0.311 e. The van der Waals surface area contributed by atoms with Gasteiger partial charge < -0.3 is 5.32 Å². The number of primary sulfonamides is 1. The molecule has 0 radical (unpaired) electrons. The largest absolute Gasteiger partial charge is 0.363 e. The number of rotatable bonds is 5. The SMILES string of the molecule is Cc1ccc([N+](=O)[O-])c(NCCS(N)(=O)=O)n1. The molecule has 9 heteroatoms. The van der Waals surface area contributed by atoms with Gasteiger partial charge >= 0.3 is 5.69 Å². The summed E-state index contributed by atoms with van der Waals surface area (Å²) in [6, 6.07) is 2.81. The van der Waals surface area contributed by atoms with Crippen LogP contribution in [0, 0.1) is 17.0 Å². The Hall–Kier alpha value is -1.74. The van der Waals surface area contributed by atoms with Crippen molar-refractivity contribution in [1.29, 1.82) is 0 Å². The van der Waals surface area contributed by atoms with Gasteiger partial charge in [-0.05, 0) is 13.0 Å². The van der Waals surface area contributed by atoms with Gasteiger partial charge in [0.2, 0.25) is 15.8 Å². The van der Waals surface area contributed by atoms with E-state index in [0.29, 0.717) is 5.69 Å². The van der Waals surface area contributed by atoms with E-state index in [1.807, 2.05) is 0 Å². The molecule has 0 saturated heterocycles. The monoisotopic (exact) mass is 260 g/mol. The number of hydrogen-bond acceptors (Lipinski definition) is 6. The van der Waals surface area contributed by atoms with E-state index in [4.69, 9.17) is 5.14 Å². The van der Waals surface area contributed by atoms with Crippen LogP contribution in [0.4, 0.5) is 11.5 Å². The second-order valence-electron chi connectivity index (χ2n) is 3.37. The van der Waals surface area contributed by atoms with Crippen molar-refractivity contribution in [3.8, 4) is 0 Å². The molecular formula is C8H12N4O4S. The molecular weight excluding hydrogens is 248 g/mol. The summed E-state index contributed by atoms with van der Waals surface area (Å²) in [5.41, 5.74) is 0.388. The number of nitrogens with one attached hydrogen (secondary N) is 1. The average Bonchev–Trinajstić information content (AvgIpc) is 2.15. The molecule has 0 saturated carbocycles. The summed E-state index contributed by atoms with van der Waals surface area (Å²) >= 11 is 0. The molecule has 0 atom stereocenters. The molecule has 0 spiro atoms. The number of aryl methyl sites for hydroxylation is 1. The number of nitrogens with zero attached hydrogens (tertiary/aromatic N) is 2. The first-order valence-corrected chi connectivity index (χ1v) is 6.37. The second-order valence-corrected chi connectivity index (χ2v) is 5.11. The van der Waals surface area contributed by atoms with E-state index in [1.165, 1.54) is 12.1 Å². The van der Waals surface area contributed by atoms with Crippen LogP contribution in [0.3, 0.4) is 0 Å². The van der Waals surface area contributed by atoms with Crippen molar-refractivity contribution in [2.75, 3.05) is 17.6 Å². The van der Waals surface area contributed by atoms with Crippen molar-refractivity contribution in [3.63, 3.8) is 0 Å². The summed E-state index contributed by atoms with van der Waals surface area (Å²) in [6.45, 7) is 1.64. The van der Waals surface area contributed by atoms with Crippen molar-refractivity contribution in [3.05, 3.63) is 27.9 Å². The standard InChI is InChI=1S/C8H12N4O4S/c1-6-2-3-7(12(13)14)8(11-6)10-4-5-17(9,15)16/h2-3H,4-5H2,1H3,(H,10,11)(H2,9,15,16). The minimum atomic E-state index is -3.60. The molecule has 3 N–H and O–H groups in total. The minimum absolute atomic E-state index is 0.0316. The zero-order valence-electron chi connectivity index (χ0n) is 9.08. The molecule has 0 bridgehead atoms. The molecule has 17 heavy (non-hydrogen) atoms. The van der Waals surface area contributed by atoms with Gasteiger partial charge in [0.05, 0.1) is 10.7 Å². The van der Waals surface area contributed by atoms with Gasteiger partial charge in [-0.25, -0.2) is 18.5 Å². The van der Waals surface area contributed by atoms with Gasteiger partial charge in [-0.2, -0.15) is 0 Å². The molecule has 0 aromatic carbocycles. The third-order valence-electron chi connectivity index (χ3n) is 1.89. The number of hydrogen-bond donors (Lipinski definition) is 2. The summed E-state index contributed by atoms with van der Waals surface area (Å²) in [5.74, 6) is -0.279. The maximum Gasteiger partial charge on any atom is 0.311 e. The first-order chi connectivity index (χ1) is 7.79. The Morgan fingerprint density at radius 1 is 1.53 bits per heavy atom. The Bertz CT molecular complexity index is 528. The van der Waals surface area contributed by atoms with Crippen LogP contribution in [0.15, 0.2) is 12.1 Å². The molecule has 0 aliphatic carbocycles. The zero-order valence-corrected chi connectivity index (χ0v) is 9.90. The van der Waals surface area contributed by atoms with Gasteiger partial charge in [0.15, 0.2) is 0 Å². The van der Waals surface area contributed by atoms with Crippen LogP contribution >= 0.6 is 0 Å². The lowest BCUT2D eigenvalue weighted by atomic mass is 10.3. The van der Waals surface area contributed by atoms with E-state index in [2.05, 4.69) is 10.3 Å². The van der Waals surface area contributed by atoms with Crippen LogP contribution in [0.2, 0.25) is 0 Å². The first kappa shape index (κ1) is 13.3. The van der Waals surface area contributed by atoms with E-state index >= 15 is 0 Å². The van der Waals surface area contributed by atoms with Crippen molar-refractivity contribution in [2.24, 2.45) is 5.14 Å². The van der Waals surface area contributed by atoms with Crippen molar-refractivity contribution in [1.82, 2.24) is 4.98 Å². The lowest BCUT2D eigenvalue weighted by Crippen LogP contribution is -2.22. The van der Waals surface area contributed by atoms with E-state index in [-0.39, 0.29) is 23.8 Å². The molecule has 0 fully saturated rings. The maximum atomic E-state index is 10.7. The number of anilines is 1. The maximum absolute atomic E-state index is 10.7. The van der Waals surface area contributed by atoms with E-state index < -0.39 is 14.9 Å². The lowest BCUT2D eigenvalue weighted by Gasteiger charge is -2.05. The van der Waals surface area contributed by atoms with Gasteiger partial charge in [-0.15, -0.1) is 0 Å². The zero-order chi connectivity index (χ0) is 13.1.